The first-order valence-electron chi connectivity index (χ1n) is 6.19. The molecule has 1 rings (SSSR count). The summed E-state index contributed by atoms with van der Waals surface area (Å²) in [5.74, 6) is -1.14. The summed E-state index contributed by atoms with van der Waals surface area (Å²) in [6.07, 6.45) is 6.38. The van der Waals surface area contributed by atoms with Crippen molar-refractivity contribution in [2.75, 3.05) is 13.2 Å². The van der Waals surface area contributed by atoms with Crippen molar-refractivity contribution in [3.05, 3.63) is 11.6 Å². The summed E-state index contributed by atoms with van der Waals surface area (Å²) in [5, 5.41) is 22.4. The van der Waals surface area contributed by atoms with Crippen LogP contribution in [0.3, 0.4) is 0 Å². The summed E-state index contributed by atoms with van der Waals surface area (Å²) >= 11 is 0. The molecule has 0 unspecified atom stereocenters. The molecule has 0 aliphatic heterocycles. The summed E-state index contributed by atoms with van der Waals surface area (Å²) in [6.45, 7) is 0.229. The number of urea groups is 1. The third-order valence-corrected chi connectivity index (χ3v) is 2.89. The van der Waals surface area contributed by atoms with Crippen LogP contribution in [0.1, 0.15) is 32.1 Å². The molecular weight excluding hydrogens is 236 g/mol. The molecule has 0 radical (unpaired) electrons. The molecule has 0 heterocycles. The number of carboxylic acids is 1. The van der Waals surface area contributed by atoms with Crippen LogP contribution in [-0.2, 0) is 4.79 Å². The summed E-state index contributed by atoms with van der Waals surface area (Å²) in [7, 11) is 0. The molecule has 102 valence electrons. The molecule has 18 heavy (non-hydrogen) atoms. The van der Waals surface area contributed by atoms with Gasteiger partial charge in [-0.2, -0.15) is 0 Å². The van der Waals surface area contributed by atoms with Crippen LogP contribution in [0.25, 0.3) is 0 Å². The number of aliphatic hydroxyl groups excluding tert-OH is 1. The predicted octanol–water partition coefficient (Wildman–Crippen LogP) is 0.622. The SMILES string of the molecule is O=C(NCCC1=CCCC1)N[C@H](CCO)C(=O)O. The molecule has 1 aliphatic rings. The molecule has 0 bridgehead atoms. The monoisotopic (exact) mass is 256 g/mol. The van der Waals surface area contributed by atoms with E-state index < -0.39 is 18.0 Å². The van der Waals surface area contributed by atoms with E-state index in [4.69, 9.17) is 10.2 Å². The van der Waals surface area contributed by atoms with Gasteiger partial charge in [0.2, 0.25) is 0 Å². The molecule has 1 aliphatic carbocycles. The lowest BCUT2D eigenvalue weighted by Crippen LogP contribution is -2.46. The molecule has 0 spiro atoms. The fraction of sp³-hybridized carbons (Fsp3) is 0.667. The fourth-order valence-corrected chi connectivity index (χ4v) is 1.90. The maximum absolute atomic E-state index is 11.4. The Bertz CT molecular complexity index is 328. The Hall–Kier alpha value is -1.56. The van der Waals surface area contributed by atoms with E-state index in [1.165, 1.54) is 12.0 Å². The van der Waals surface area contributed by atoms with Crippen LogP contribution in [0.15, 0.2) is 11.6 Å². The Morgan fingerprint density at radius 1 is 1.44 bits per heavy atom. The normalized spacial score (nSPS) is 15.9. The molecule has 2 amide bonds. The second-order valence-corrected chi connectivity index (χ2v) is 4.31. The number of nitrogens with one attached hydrogen (secondary N) is 2. The van der Waals surface area contributed by atoms with Gasteiger partial charge >= 0.3 is 12.0 Å². The minimum atomic E-state index is -1.14. The summed E-state index contributed by atoms with van der Waals surface area (Å²) in [4.78, 5) is 22.2. The molecule has 0 aromatic carbocycles. The Morgan fingerprint density at radius 2 is 2.22 bits per heavy atom. The van der Waals surface area contributed by atoms with Crippen LogP contribution in [0.4, 0.5) is 4.79 Å². The van der Waals surface area contributed by atoms with Gasteiger partial charge in [-0.1, -0.05) is 11.6 Å². The Balaban J connectivity index is 2.20. The number of carbonyl (C=O) groups is 2. The van der Waals surface area contributed by atoms with E-state index in [0.717, 1.165) is 19.3 Å². The van der Waals surface area contributed by atoms with Crippen LogP contribution in [0.5, 0.6) is 0 Å². The number of carboxylic acid groups (broad SMARTS) is 1. The van der Waals surface area contributed by atoms with Gasteiger partial charge in [-0.05, 0) is 25.7 Å². The lowest BCUT2D eigenvalue weighted by molar-refractivity contribution is -0.139. The van der Waals surface area contributed by atoms with Gasteiger partial charge in [-0.3, -0.25) is 0 Å². The molecule has 1 atom stereocenters. The maximum atomic E-state index is 11.4. The molecule has 0 fully saturated rings. The third-order valence-electron chi connectivity index (χ3n) is 2.89. The van der Waals surface area contributed by atoms with Crippen molar-refractivity contribution in [2.24, 2.45) is 0 Å². The standard InChI is InChI=1S/C12H20N2O4/c15-8-6-10(11(16)17)14-12(18)13-7-5-9-3-1-2-4-9/h3,10,15H,1-2,4-8H2,(H,16,17)(H2,13,14,18)/t10-/m1/s1. The third kappa shape index (κ3) is 5.18. The van der Waals surface area contributed by atoms with Gasteiger partial charge in [0.05, 0.1) is 0 Å². The number of hydrogen-bond acceptors (Lipinski definition) is 3. The van der Waals surface area contributed by atoms with Gasteiger partial charge in [0.15, 0.2) is 0 Å². The minimum absolute atomic E-state index is 0.00784. The summed E-state index contributed by atoms with van der Waals surface area (Å²) < 4.78 is 0. The van der Waals surface area contributed by atoms with Crippen molar-refractivity contribution in [1.82, 2.24) is 10.6 Å². The van der Waals surface area contributed by atoms with Crippen molar-refractivity contribution < 1.29 is 19.8 Å². The number of allylic oxidation sites excluding steroid dienone is 1. The van der Waals surface area contributed by atoms with Crippen LogP contribution < -0.4 is 10.6 Å². The van der Waals surface area contributed by atoms with Gasteiger partial charge in [0.25, 0.3) is 0 Å². The largest absolute Gasteiger partial charge is 0.480 e. The van der Waals surface area contributed by atoms with Gasteiger partial charge in [0.1, 0.15) is 6.04 Å². The highest BCUT2D eigenvalue weighted by Gasteiger charge is 2.18. The first-order valence-corrected chi connectivity index (χ1v) is 6.19. The van der Waals surface area contributed by atoms with Crippen molar-refractivity contribution in [3.8, 4) is 0 Å². The van der Waals surface area contributed by atoms with E-state index in [-0.39, 0.29) is 13.0 Å². The minimum Gasteiger partial charge on any atom is -0.480 e. The van der Waals surface area contributed by atoms with Crippen LogP contribution in [-0.4, -0.2) is 41.4 Å². The lowest BCUT2D eigenvalue weighted by atomic mass is 10.2. The number of carbonyl (C=O) groups excluding carboxylic acids is 1. The zero-order valence-electron chi connectivity index (χ0n) is 10.3. The summed E-state index contributed by atoms with van der Waals surface area (Å²) in [6, 6.07) is -1.55. The highest BCUT2D eigenvalue weighted by molar-refractivity contribution is 5.82. The van der Waals surface area contributed by atoms with Gasteiger partial charge in [0, 0.05) is 19.6 Å². The van der Waals surface area contributed by atoms with Crippen molar-refractivity contribution in [2.45, 2.75) is 38.1 Å². The first kappa shape index (κ1) is 14.5. The quantitative estimate of drug-likeness (QED) is 0.502. The van der Waals surface area contributed by atoms with Crippen molar-refractivity contribution in [3.63, 3.8) is 0 Å². The molecule has 6 nitrogen and oxygen atoms in total. The highest BCUT2D eigenvalue weighted by atomic mass is 16.4. The molecule has 6 heteroatoms. The number of aliphatic hydroxyl groups is 1. The average molecular weight is 256 g/mol. The highest BCUT2D eigenvalue weighted by Crippen LogP contribution is 2.19. The molecule has 0 aromatic rings. The van der Waals surface area contributed by atoms with Gasteiger partial charge in [-0.25, -0.2) is 9.59 Å². The van der Waals surface area contributed by atoms with Gasteiger partial charge < -0.3 is 20.8 Å². The van der Waals surface area contributed by atoms with Gasteiger partial charge in [-0.15, -0.1) is 0 Å². The average Bonchev–Trinajstić information content (AvgIpc) is 2.81. The Kier molecular flexibility index (Phi) is 6.21. The maximum Gasteiger partial charge on any atom is 0.326 e. The van der Waals surface area contributed by atoms with Crippen LogP contribution in [0.2, 0.25) is 0 Å². The summed E-state index contributed by atoms with van der Waals surface area (Å²) in [5.41, 5.74) is 1.35. The zero-order valence-corrected chi connectivity index (χ0v) is 10.3. The van der Waals surface area contributed by atoms with Crippen molar-refractivity contribution >= 4 is 12.0 Å². The zero-order chi connectivity index (χ0) is 13.4. The Morgan fingerprint density at radius 3 is 2.78 bits per heavy atom. The smallest absolute Gasteiger partial charge is 0.326 e. The first-order chi connectivity index (χ1) is 8.63. The lowest BCUT2D eigenvalue weighted by Gasteiger charge is -2.14. The Labute approximate surface area is 106 Å². The molecule has 0 saturated carbocycles. The number of aliphatic carboxylic acids is 1. The number of hydrogen-bond donors (Lipinski definition) is 4. The van der Waals surface area contributed by atoms with E-state index in [2.05, 4.69) is 16.7 Å². The second-order valence-electron chi connectivity index (χ2n) is 4.31. The van der Waals surface area contributed by atoms with E-state index >= 15 is 0 Å². The molecule has 0 aromatic heterocycles. The molecular formula is C12H20N2O4. The molecule has 0 saturated heterocycles. The predicted molar refractivity (Wildman–Crippen MR) is 66.2 cm³/mol. The second kappa shape index (κ2) is 7.71. The van der Waals surface area contributed by atoms with E-state index in [1.54, 1.807) is 0 Å². The topological polar surface area (TPSA) is 98.7 Å². The number of rotatable bonds is 7. The van der Waals surface area contributed by atoms with E-state index in [0.29, 0.717) is 6.54 Å². The van der Waals surface area contributed by atoms with Crippen LogP contribution >= 0.6 is 0 Å². The molecule has 4 N–H and O–H groups in total. The number of amides is 2. The fourth-order valence-electron chi connectivity index (χ4n) is 1.90. The van der Waals surface area contributed by atoms with E-state index in [1.807, 2.05) is 0 Å². The van der Waals surface area contributed by atoms with E-state index in [9.17, 15) is 9.59 Å². The van der Waals surface area contributed by atoms with Crippen molar-refractivity contribution in [1.29, 1.82) is 0 Å². The van der Waals surface area contributed by atoms with Crippen LogP contribution in [0, 0.1) is 0 Å².